The van der Waals surface area contributed by atoms with Crippen LogP contribution in [0.1, 0.15) is 38.9 Å². The quantitative estimate of drug-likeness (QED) is 0.803. The number of nitrogens with one attached hydrogen (secondary N) is 2. The number of aryl methyl sites for hydroxylation is 1. The Morgan fingerprint density at radius 1 is 1.21 bits per heavy atom. The van der Waals surface area contributed by atoms with Gasteiger partial charge >= 0.3 is 0 Å². The second-order valence-corrected chi connectivity index (χ2v) is 6.31. The van der Waals surface area contributed by atoms with E-state index in [1.54, 1.807) is 0 Å². The van der Waals surface area contributed by atoms with Crippen molar-refractivity contribution in [1.29, 1.82) is 0 Å². The van der Waals surface area contributed by atoms with E-state index in [0.29, 0.717) is 4.75 Å². The molecule has 1 aromatic rings. The van der Waals surface area contributed by atoms with E-state index in [-0.39, 0.29) is 0 Å². The zero-order valence-electron chi connectivity index (χ0n) is 12.1. The lowest BCUT2D eigenvalue weighted by Crippen LogP contribution is -2.40. The van der Waals surface area contributed by atoms with E-state index in [2.05, 4.69) is 40.7 Å². The summed E-state index contributed by atoms with van der Waals surface area (Å²) in [6.07, 6.45) is 7.05. The van der Waals surface area contributed by atoms with Crippen LogP contribution in [0.3, 0.4) is 0 Å². The summed E-state index contributed by atoms with van der Waals surface area (Å²) in [5.74, 6) is 2.76. The second kappa shape index (κ2) is 6.46. The highest BCUT2D eigenvalue weighted by molar-refractivity contribution is 8.00. The number of aromatic nitrogens is 2. The van der Waals surface area contributed by atoms with Gasteiger partial charge in [-0.2, -0.15) is 11.8 Å². The van der Waals surface area contributed by atoms with E-state index in [9.17, 15) is 0 Å². The third kappa shape index (κ3) is 3.53. The van der Waals surface area contributed by atoms with E-state index in [1.165, 1.54) is 19.3 Å². The smallest absolute Gasteiger partial charge is 0.132 e. The highest BCUT2D eigenvalue weighted by atomic mass is 32.2. The Morgan fingerprint density at radius 3 is 2.37 bits per heavy atom. The van der Waals surface area contributed by atoms with Crippen LogP contribution in [0.4, 0.5) is 11.6 Å². The number of rotatable bonds is 7. The molecule has 0 atom stereocenters. The van der Waals surface area contributed by atoms with Gasteiger partial charge < -0.3 is 10.6 Å². The molecule has 1 saturated carbocycles. The predicted octanol–water partition coefficient (Wildman–Crippen LogP) is 3.17. The van der Waals surface area contributed by atoms with Gasteiger partial charge in [-0.15, -0.1) is 0 Å². The monoisotopic (exact) mass is 280 g/mol. The van der Waals surface area contributed by atoms with E-state index >= 15 is 0 Å². The molecule has 4 nitrogen and oxygen atoms in total. The van der Waals surface area contributed by atoms with Crippen molar-refractivity contribution in [1.82, 2.24) is 9.97 Å². The molecule has 0 radical (unpaired) electrons. The lowest BCUT2D eigenvalue weighted by Gasteiger charge is -2.40. The minimum absolute atomic E-state index is 0.426. The fraction of sp³-hybridized carbons (Fsp3) is 0.714. The summed E-state index contributed by atoms with van der Waals surface area (Å²) in [7, 11) is 0. The van der Waals surface area contributed by atoms with Gasteiger partial charge in [-0.3, -0.25) is 0 Å². The van der Waals surface area contributed by atoms with Crippen LogP contribution in [0.2, 0.25) is 0 Å². The molecule has 0 aliphatic heterocycles. The van der Waals surface area contributed by atoms with Gasteiger partial charge in [-0.1, -0.05) is 13.3 Å². The Labute approximate surface area is 120 Å². The van der Waals surface area contributed by atoms with Crippen molar-refractivity contribution >= 4 is 23.4 Å². The van der Waals surface area contributed by atoms with Gasteiger partial charge in [-0.05, 0) is 26.0 Å². The Bertz CT molecular complexity index is 412. The number of anilines is 2. The molecule has 2 rings (SSSR count). The third-order valence-corrected chi connectivity index (χ3v) is 5.15. The molecule has 0 unspecified atom stereocenters. The van der Waals surface area contributed by atoms with Gasteiger partial charge in [-0.25, -0.2) is 9.97 Å². The molecular weight excluding hydrogens is 256 g/mol. The largest absolute Gasteiger partial charge is 0.370 e. The summed E-state index contributed by atoms with van der Waals surface area (Å²) in [4.78, 5) is 9.03. The van der Waals surface area contributed by atoms with Crippen LogP contribution in [0.25, 0.3) is 0 Å². The topological polar surface area (TPSA) is 49.8 Å². The molecule has 1 aromatic heterocycles. The maximum Gasteiger partial charge on any atom is 0.132 e. The standard InChI is InChI=1S/C14H24N4S/c1-4-11-17-12(15-5-2)9-13(18-11)16-10-14(19-3)7-6-8-14/h9H,4-8,10H2,1-3H3,(H2,15,16,17,18). The molecule has 1 fully saturated rings. The van der Waals surface area contributed by atoms with Crippen molar-refractivity contribution in [2.75, 3.05) is 30.0 Å². The van der Waals surface area contributed by atoms with Gasteiger partial charge in [0.1, 0.15) is 17.5 Å². The normalized spacial score (nSPS) is 16.8. The van der Waals surface area contributed by atoms with Gasteiger partial charge in [0.05, 0.1) is 0 Å². The summed E-state index contributed by atoms with van der Waals surface area (Å²) in [5.41, 5.74) is 0. The highest BCUT2D eigenvalue weighted by Gasteiger charge is 2.35. The SMILES string of the molecule is CCNc1cc(NCC2(SC)CCC2)nc(CC)n1. The Morgan fingerprint density at radius 2 is 1.89 bits per heavy atom. The number of thioether (sulfide) groups is 1. The van der Waals surface area contributed by atoms with Gasteiger partial charge in [0.2, 0.25) is 0 Å². The molecule has 0 saturated heterocycles. The molecule has 2 N–H and O–H groups in total. The first-order chi connectivity index (χ1) is 9.21. The minimum Gasteiger partial charge on any atom is -0.370 e. The van der Waals surface area contributed by atoms with Crippen molar-refractivity contribution in [3.8, 4) is 0 Å². The molecule has 0 bridgehead atoms. The molecule has 19 heavy (non-hydrogen) atoms. The lowest BCUT2D eigenvalue weighted by atomic mass is 9.84. The molecule has 1 aliphatic rings. The number of hydrogen-bond donors (Lipinski definition) is 2. The zero-order chi connectivity index (χ0) is 13.7. The van der Waals surface area contributed by atoms with Crippen LogP contribution >= 0.6 is 11.8 Å². The molecular formula is C14H24N4S. The summed E-state index contributed by atoms with van der Waals surface area (Å²) in [5, 5.41) is 6.77. The van der Waals surface area contributed by atoms with Crippen molar-refractivity contribution < 1.29 is 0 Å². The van der Waals surface area contributed by atoms with Crippen LogP contribution in [0.15, 0.2) is 6.07 Å². The first-order valence-electron chi connectivity index (χ1n) is 7.12. The predicted molar refractivity (Wildman–Crippen MR) is 84.2 cm³/mol. The van der Waals surface area contributed by atoms with Crippen LogP contribution in [0, 0.1) is 0 Å². The maximum absolute atomic E-state index is 4.56. The first kappa shape index (κ1) is 14.4. The van der Waals surface area contributed by atoms with Gasteiger partial charge in [0.15, 0.2) is 0 Å². The first-order valence-corrected chi connectivity index (χ1v) is 8.34. The number of hydrogen-bond acceptors (Lipinski definition) is 5. The van der Waals surface area contributed by atoms with E-state index in [1.807, 2.05) is 17.8 Å². The zero-order valence-corrected chi connectivity index (χ0v) is 12.9. The molecule has 1 heterocycles. The van der Waals surface area contributed by atoms with Crippen molar-refractivity contribution in [2.24, 2.45) is 0 Å². The van der Waals surface area contributed by atoms with Crippen LogP contribution in [-0.2, 0) is 6.42 Å². The summed E-state index contributed by atoms with van der Waals surface area (Å²) in [6.45, 7) is 6.05. The molecule has 0 amide bonds. The highest BCUT2D eigenvalue weighted by Crippen LogP contribution is 2.42. The second-order valence-electron chi connectivity index (χ2n) is 5.03. The minimum atomic E-state index is 0.426. The van der Waals surface area contributed by atoms with Crippen molar-refractivity contribution in [3.63, 3.8) is 0 Å². The Balaban J connectivity index is 2.04. The molecule has 5 heteroatoms. The average Bonchev–Trinajstić information content (AvgIpc) is 2.38. The third-order valence-electron chi connectivity index (χ3n) is 3.74. The van der Waals surface area contributed by atoms with Gasteiger partial charge in [0.25, 0.3) is 0 Å². The van der Waals surface area contributed by atoms with E-state index < -0.39 is 0 Å². The van der Waals surface area contributed by atoms with Crippen molar-refractivity contribution in [3.05, 3.63) is 11.9 Å². The maximum atomic E-state index is 4.56. The Hall–Kier alpha value is -0.970. The molecule has 1 aliphatic carbocycles. The van der Waals surface area contributed by atoms with Crippen molar-refractivity contribution in [2.45, 2.75) is 44.3 Å². The van der Waals surface area contributed by atoms with E-state index in [4.69, 9.17) is 0 Å². The van der Waals surface area contributed by atoms with Crippen LogP contribution in [-0.4, -0.2) is 34.1 Å². The fourth-order valence-electron chi connectivity index (χ4n) is 2.29. The summed E-state index contributed by atoms with van der Waals surface area (Å²) >= 11 is 1.98. The summed E-state index contributed by atoms with van der Waals surface area (Å²) in [6, 6.07) is 2.01. The molecule has 0 aromatic carbocycles. The molecule has 0 spiro atoms. The number of nitrogens with zero attached hydrogens (tertiary/aromatic N) is 2. The summed E-state index contributed by atoms with van der Waals surface area (Å²) < 4.78 is 0.426. The van der Waals surface area contributed by atoms with Crippen LogP contribution in [0.5, 0.6) is 0 Å². The lowest BCUT2D eigenvalue weighted by molar-refractivity contribution is 0.379. The van der Waals surface area contributed by atoms with E-state index in [0.717, 1.165) is 37.0 Å². The molecule has 106 valence electrons. The van der Waals surface area contributed by atoms with Gasteiger partial charge in [0, 0.05) is 30.3 Å². The Kier molecular flexibility index (Phi) is 4.91. The van der Waals surface area contributed by atoms with Crippen LogP contribution < -0.4 is 10.6 Å². The fourth-order valence-corrected chi connectivity index (χ4v) is 3.21. The average molecular weight is 280 g/mol.